The van der Waals surface area contributed by atoms with Gasteiger partial charge >= 0.3 is 0 Å². The van der Waals surface area contributed by atoms with Crippen LogP contribution in [0.15, 0.2) is 88.9 Å². The number of benzene rings is 2. The normalized spacial score (nSPS) is 13.1. The van der Waals surface area contributed by atoms with Crippen molar-refractivity contribution < 1.29 is 18.6 Å². The van der Waals surface area contributed by atoms with Crippen molar-refractivity contribution in [3.05, 3.63) is 106 Å². The number of aliphatic hydroxyl groups excluding tert-OH is 1. The van der Waals surface area contributed by atoms with Gasteiger partial charge in [-0.1, -0.05) is 58.1 Å². The quantitative estimate of drug-likeness (QED) is 0.148. The Bertz CT molecular complexity index is 1240. The number of aromatic nitrogens is 1. The number of ether oxygens (including phenoxy) is 1. The summed E-state index contributed by atoms with van der Waals surface area (Å²) in [5.74, 6) is 0.428. The van der Waals surface area contributed by atoms with E-state index < -0.39 is 5.66 Å². The van der Waals surface area contributed by atoms with Crippen LogP contribution >= 0.6 is 20.8 Å². The van der Waals surface area contributed by atoms with Crippen LogP contribution in [0.1, 0.15) is 42.5 Å². The van der Waals surface area contributed by atoms with Crippen molar-refractivity contribution in [1.29, 1.82) is 0 Å². The summed E-state index contributed by atoms with van der Waals surface area (Å²) in [7, 11) is 1.51. The summed E-state index contributed by atoms with van der Waals surface area (Å²) in [4.78, 5) is 12.8. The van der Waals surface area contributed by atoms with Gasteiger partial charge in [0.25, 0.3) is 5.66 Å². The zero-order valence-electron chi connectivity index (χ0n) is 19.3. The van der Waals surface area contributed by atoms with Crippen LogP contribution in [0.4, 0.5) is 8.78 Å². The van der Waals surface area contributed by atoms with Crippen LogP contribution in [0.2, 0.25) is 5.02 Å². The molecule has 0 amide bonds. The van der Waals surface area contributed by atoms with Crippen molar-refractivity contribution in [2.24, 2.45) is 9.98 Å². The van der Waals surface area contributed by atoms with Gasteiger partial charge in [0.15, 0.2) is 5.84 Å². The molecule has 1 N–H and O–H groups in total. The second-order valence-electron chi connectivity index (χ2n) is 7.56. The van der Waals surface area contributed by atoms with Crippen LogP contribution in [0.25, 0.3) is 0 Å². The number of amidine groups is 1. The smallest absolute Gasteiger partial charge is 0.283 e. The molecule has 0 aliphatic carbocycles. The molecule has 0 saturated heterocycles. The summed E-state index contributed by atoms with van der Waals surface area (Å²) in [5, 5.41) is 10.6. The van der Waals surface area contributed by atoms with Crippen LogP contribution in [0.3, 0.4) is 0 Å². The Morgan fingerprint density at radius 3 is 2.43 bits per heavy atom. The van der Waals surface area contributed by atoms with E-state index in [2.05, 4.69) is 15.0 Å². The molecule has 35 heavy (non-hydrogen) atoms. The number of alkyl halides is 2. The van der Waals surface area contributed by atoms with Crippen molar-refractivity contribution in [3.8, 4) is 5.75 Å². The highest BCUT2D eigenvalue weighted by molar-refractivity contribution is 7.17. The first kappa shape index (κ1) is 26.5. The SMILES string of the molecule is CC/C=C(\O)N=C(N=C(C)c1c(Cl)cccc1OCc1ccncc1)c1ccc(C(F)(F)P)cc1. The number of aliphatic hydroxyl groups is 1. The summed E-state index contributed by atoms with van der Waals surface area (Å²) in [6.45, 7) is 3.89. The van der Waals surface area contributed by atoms with Crippen LogP contribution in [0.5, 0.6) is 5.75 Å². The monoisotopic (exact) mass is 515 g/mol. The number of hydrogen-bond acceptors (Lipinski definition) is 4. The third kappa shape index (κ3) is 7.41. The van der Waals surface area contributed by atoms with E-state index in [4.69, 9.17) is 16.3 Å². The van der Waals surface area contributed by atoms with Crippen molar-refractivity contribution in [3.63, 3.8) is 0 Å². The molecule has 3 rings (SSSR count). The molecular formula is C26H25ClF2N3O2P. The van der Waals surface area contributed by atoms with Crippen molar-refractivity contribution in [1.82, 2.24) is 4.98 Å². The van der Waals surface area contributed by atoms with Crippen LogP contribution in [-0.4, -0.2) is 21.6 Å². The summed E-state index contributed by atoms with van der Waals surface area (Å²) in [5.41, 5.74) is -0.810. The minimum absolute atomic E-state index is 0.142. The average Bonchev–Trinajstić information content (AvgIpc) is 2.82. The van der Waals surface area contributed by atoms with Gasteiger partial charge in [-0.25, -0.2) is 4.99 Å². The van der Waals surface area contributed by atoms with E-state index in [0.717, 1.165) is 5.56 Å². The van der Waals surface area contributed by atoms with Gasteiger partial charge in [0.2, 0.25) is 5.88 Å². The van der Waals surface area contributed by atoms with E-state index in [1.807, 2.05) is 19.1 Å². The lowest BCUT2D eigenvalue weighted by Gasteiger charge is -2.14. The number of hydrogen-bond donors (Lipinski definition) is 1. The predicted octanol–water partition coefficient (Wildman–Crippen LogP) is 7.30. The molecule has 0 aliphatic heterocycles. The van der Waals surface area contributed by atoms with Gasteiger partial charge in [-0.05, 0) is 49.2 Å². The summed E-state index contributed by atoms with van der Waals surface area (Å²) < 4.78 is 33.3. The maximum absolute atomic E-state index is 13.6. The summed E-state index contributed by atoms with van der Waals surface area (Å²) in [6, 6.07) is 14.5. The molecule has 0 spiro atoms. The first-order valence-electron chi connectivity index (χ1n) is 10.8. The maximum Gasteiger partial charge on any atom is 0.283 e. The molecular weight excluding hydrogens is 491 g/mol. The fourth-order valence-electron chi connectivity index (χ4n) is 3.16. The lowest BCUT2D eigenvalue weighted by Crippen LogP contribution is -2.08. The van der Waals surface area contributed by atoms with E-state index in [1.54, 1.807) is 37.5 Å². The largest absolute Gasteiger partial charge is 0.493 e. The van der Waals surface area contributed by atoms with Gasteiger partial charge in [-0.3, -0.25) is 4.98 Å². The minimum atomic E-state index is -3.06. The number of nitrogens with zero attached hydrogens (tertiary/aromatic N) is 3. The zero-order valence-corrected chi connectivity index (χ0v) is 21.2. The first-order chi connectivity index (χ1) is 16.7. The molecule has 1 unspecified atom stereocenters. The summed E-state index contributed by atoms with van der Waals surface area (Å²) >= 11 is 6.50. The van der Waals surface area contributed by atoms with E-state index in [0.29, 0.717) is 40.6 Å². The fraction of sp³-hybridized carbons (Fsp3) is 0.192. The second-order valence-corrected chi connectivity index (χ2v) is 8.69. The molecule has 0 aliphatic rings. The number of allylic oxidation sites excluding steroid dienone is 1. The third-order valence-electron chi connectivity index (χ3n) is 4.89. The summed E-state index contributed by atoms with van der Waals surface area (Å²) in [6.07, 6.45) is 5.44. The fourth-order valence-corrected chi connectivity index (χ4v) is 3.66. The van der Waals surface area contributed by atoms with E-state index in [1.165, 1.54) is 39.6 Å². The first-order valence-corrected chi connectivity index (χ1v) is 11.8. The molecule has 5 nitrogen and oxygen atoms in total. The predicted molar refractivity (Wildman–Crippen MR) is 140 cm³/mol. The molecule has 0 bridgehead atoms. The van der Waals surface area contributed by atoms with E-state index in [-0.39, 0.29) is 17.3 Å². The Morgan fingerprint density at radius 2 is 1.80 bits per heavy atom. The molecule has 1 aromatic heterocycles. The van der Waals surface area contributed by atoms with E-state index >= 15 is 0 Å². The van der Waals surface area contributed by atoms with Crippen molar-refractivity contribution in [2.45, 2.75) is 32.5 Å². The number of rotatable bonds is 8. The number of pyridine rings is 1. The second kappa shape index (κ2) is 12.0. The Morgan fingerprint density at radius 1 is 1.11 bits per heavy atom. The lowest BCUT2D eigenvalue weighted by molar-refractivity contribution is 0.104. The molecule has 0 radical (unpaired) electrons. The molecule has 0 saturated carbocycles. The van der Waals surface area contributed by atoms with Gasteiger partial charge in [0.1, 0.15) is 12.4 Å². The number of aliphatic imine (C=N–C) groups is 2. The van der Waals surface area contributed by atoms with Gasteiger partial charge in [0, 0.05) is 23.5 Å². The highest BCUT2D eigenvalue weighted by Gasteiger charge is 2.24. The Balaban J connectivity index is 2.01. The topological polar surface area (TPSA) is 67.1 Å². The van der Waals surface area contributed by atoms with Crippen LogP contribution in [-0.2, 0) is 12.3 Å². The van der Waals surface area contributed by atoms with Gasteiger partial charge in [0.05, 0.1) is 16.3 Å². The van der Waals surface area contributed by atoms with Crippen LogP contribution < -0.4 is 4.74 Å². The van der Waals surface area contributed by atoms with Gasteiger partial charge in [-0.2, -0.15) is 13.8 Å². The zero-order chi connectivity index (χ0) is 25.4. The highest BCUT2D eigenvalue weighted by atomic mass is 35.5. The average molecular weight is 516 g/mol. The third-order valence-corrected chi connectivity index (χ3v) is 5.54. The molecule has 182 valence electrons. The minimum Gasteiger partial charge on any atom is -0.493 e. The molecule has 0 fully saturated rings. The molecule has 3 aromatic rings. The Labute approximate surface area is 210 Å². The maximum atomic E-state index is 13.6. The van der Waals surface area contributed by atoms with E-state index in [9.17, 15) is 13.9 Å². The van der Waals surface area contributed by atoms with Crippen molar-refractivity contribution in [2.75, 3.05) is 0 Å². The van der Waals surface area contributed by atoms with Gasteiger partial charge in [-0.15, -0.1) is 0 Å². The van der Waals surface area contributed by atoms with Gasteiger partial charge < -0.3 is 9.84 Å². The Kier molecular flexibility index (Phi) is 9.07. The highest BCUT2D eigenvalue weighted by Crippen LogP contribution is 2.35. The molecule has 2 aromatic carbocycles. The lowest BCUT2D eigenvalue weighted by atomic mass is 10.1. The molecule has 1 heterocycles. The molecule has 1 atom stereocenters. The van der Waals surface area contributed by atoms with Crippen molar-refractivity contribution >= 4 is 32.4 Å². The standard InChI is InChI=1S/C26H25ClF2N3O2P/c1-3-5-23(33)32-25(19-8-10-20(11-9-19)26(28,29)35)31-17(2)24-21(27)6-4-7-22(24)34-16-18-12-14-30-15-13-18/h4-15,33H,3,16,35H2,1-2H3/b23-5-,31-17?,32-25?. The molecule has 9 heteroatoms. The number of halogens is 3. The van der Waals surface area contributed by atoms with Crippen LogP contribution in [0, 0.1) is 0 Å². The Hall–Kier alpha value is -3.15.